The van der Waals surface area contributed by atoms with Crippen molar-refractivity contribution in [2.75, 3.05) is 12.3 Å². The lowest BCUT2D eigenvalue weighted by atomic mass is 10.1. The molecule has 8 nitrogen and oxygen atoms in total. The second kappa shape index (κ2) is 10.9. The van der Waals surface area contributed by atoms with E-state index in [0.29, 0.717) is 12.5 Å². The molecule has 0 aliphatic heterocycles. The highest BCUT2D eigenvalue weighted by atomic mass is 16.2. The summed E-state index contributed by atoms with van der Waals surface area (Å²) in [6, 6.07) is 10.1. The van der Waals surface area contributed by atoms with E-state index in [0.717, 1.165) is 54.6 Å². The zero-order chi connectivity index (χ0) is 21.2. The number of nitrogen functional groups attached to an aromatic ring is 1. The lowest BCUT2D eigenvalue weighted by Crippen LogP contribution is -2.29. The molecule has 0 atom stereocenters. The van der Waals surface area contributed by atoms with Crippen molar-refractivity contribution in [2.45, 2.75) is 45.6 Å². The van der Waals surface area contributed by atoms with Gasteiger partial charge in [-0.3, -0.25) is 4.79 Å². The number of anilines is 1. The van der Waals surface area contributed by atoms with E-state index >= 15 is 0 Å². The molecule has 0 fully saturated rings. The number of rotatable bonds is 11. The zero-order valence-electron chi connectivity index (χ0n) is 17.3. The van der Waals surface area contributed by atoms with Gasteiger partial charge in [-0.15, -0.1) is 5.10 Å². The van der Waals surface area contributed by atoms with E-state index < -0.39 is 0 Å². The smallest absolute Gasteiger partial charge is 0.242 e. The normalized spacial score (nSPS) is 11.6. The lowest BCUT2D eigenvalue weighted by Gasteiger charge is -2.05. The molecule has 0 saturated carbocycles. The second-order valence-electron chi connectivity index (χ2n) is 7.44. The molecule has 0 spiro atoms. The number of unbranched alkanes of at least 4 members (excludes halogenated alkanes) is 2. The first-order chi connectivity index (χ1) is 14.6. The van der Waals surface area contributed by atoms with Crippen molar-refractivity contribution in [3.05, 3.63) is 65.2 Å². The molecular weight excluding hydrogens is 378 g/mol. The third-order valence-corrected chi connectivity index (χ3v) is 4.70. The van der Waals surface area contributed by atoms with E-state index in [1.165, 1.54) is 0 Å². The highest BCUT2D eigenvalue weighted by Gasteiger charge is 2.06. The predicted molar refractivity (Wildman–Crippen MR) is 117 cm³/mol. The van der Waals surface area contributed by atoms with Crippen LogP contribution >= 0.6 is 0 Å². The van der Waals surface area contributed by atoms with Gasteiger partial charge in [0.25, 0.3) is 0 Å². The Hall–Kier alpha value is -3.42. The van der Waals surface area contributed by atoms with Gasteiger partial charge in [-0.2, -0.15) is 0 Å². The number of aromatic nitrogens is 5. The molecule has 0 unspecified atom stereocenters. The molecule has 2 heterocycles. The van der Waals surface area contributed by atoms with Gasteiger partial charge in [0.2, 0.25) is 5.91 Å². The molecule has 2 aromatic heterocycles. The number of H-pyrrole nitrogens is 1. The number of aryl methyl sites for hydroxylation is 2. The first kappa shape index (κ1) is 21.3. The Morgan fingerprint density at radius 2 is 2.00 bits per heavy atom. The molecule has 0 aliphatic carbocycles. The number of hydrogen-bond acceptors (Lipinski definition) is 5. The molecule has 3 rings (SSSR count). The number of hydrogen-bond donors (Lipinski definition) is 3. The van der Waals surface area contributed by atoms with Crippen molar-refractivity contribution in [2.24, 2.45) is 0 Å². The Labute approximate surface area is 176 Å². The van der Waals surface area contributed by atoms with Crippen molar-refractivity contribution >= 4 is 17.9 Å². The van der Waals surface area contributed by atoms with Crippen LogP contribution in [0.25, 0.3) is 6.08 Å². The summed E-state index contributed by atoms with van der Waals surface area (Å²) in [6.45, 7) is 2.69. The van der Waals surface area contributed by atoms with E-state index in [1.54, 1.807) is 10.9 Å². The quantitative estimate of drug-likeness (QED) is 0.423. The summed E-state index contributed by atoms with van der Waals surface area (Å²) in [7, 11) is 0. The van der Waals surface area contributed by atoms with Crippen molar-refractivity contribution in [3.8, 4) is 0 Å². The average Bonchev–Trinajstić information content (AvgIpc) is 3.35. The first-order valence-electron chi connectivity index (χ1n) is 10.3. The Morgan fingerprint density at radius 3 is 2.77 bits per heavy atom. The van der Waals surface area contributed by atoms with E-state index in [-0.39, 0.29) is 12.5 Å². The fraction of sp³-hybridized carbons (Fsp3) is 0.364. The minimum atomic E-state index is -0.0777. The lowest BCUT2D eigenvalue weighted by molar-refractivity contribution is -0.121. The Balaban J connectivity index is 1.33. The van der Waals surface area contributed by atoms with E-state index in [9.17, 15) is 4.79 Å². The fourth-order valence-corrected chi connectivity index (χ4v) is 3.16. The van der Waals surface area contributed by atoms with Gasteiger partial charge in [0.1, 0.15) is 6.54 Å². The summed E-state index contributed by atoms with van der Waals surface area (Å²) < 4.78 is 1.59. The number of imidazole rings is 1. The van der Waals surface area contributed by atoms with Gasteiger partial charge < -0.3 is 16.0 Å². The van der Waals surface area contributed by atoms with Gasteiger partial charge in [0.15, 0.2) is 5.95 Å². The highest BCUT2D eigenvalue weighted by Crippen LogP contribution is 2.08. The monoisotopic (exact) mass is 407 g/mol. The zero-order valence-corrected chi connectivity index (χ0v) is 17.3. The fourth-order valence-electron chi connectivity index (χ4n) is 3.16. The number of nitrogens with one attached hydrogen (secondary N) is 2. The standard InChI is InChI=1S/C22H29N7O/c1-17(12-18-8-4-2-5-9-18)13-24-21(30)16-29-15-20(27-28-29)11-7-3-6-10-19-14-25-22(23)26-19/h2,4-5,8-9,12,14-15H,3,6-7,10-11,13,16H2,1H3,(H,24,30)(H3,23,25,26). The predicted octanol–water partition coefficient (Wildman–Crippen LogP) is 2.76. The number of amides is 1. The van der Waals surface area contributed by atoms with Gasteiger partial charge in [0, 0.05) is 18.4 Å². The van der Waals surface area contributed by atoms with Gasteiger partial charge >= 0.3 is 0 Å². The van der Waals surface area contributed by atoms with Crippen LogP contribution in [0, 0.1) is 0 Å². The second-order valence-corrected chi connectivity index (χ2v) is 7.44. The van der Waals surface area contributed by atoms with Gasteiger partial charge in [-0.25, -0.2) is 9.67 Å². The molecule has 1 amide bonds. The summed E-state index contributed by atoms with van der Waals surface area (Å²) in [6.07, 6.45) is 10.7. The molecule has 1 aromatic carbocycles. The largest absolute Gasteiger partial charge is 0.369 e. The van der Waals surface area contributed by atoms with Crippen LogP contribution in [0.4, 0.5) is 5.95 Å². The maximum absolute atomic E-state index is 12.2. The van der Waals surface area contributed by atoms with E-state index in [1.807, 2.05) is 43.5 Å². The van der Waals surface area contributed by atoms with Gasteiger partial charge in [0.05, 0.1) is 11.9 Å². The van der Waals surface area contributed by atoms with Crippen LogP contribution < -0.4 is 11.1 Å². The molecular formula is C22H29N7O. The maximum Gasteiger partial charge on any atom is 0.242 e. The average molecular weight is 408 g/mol. The van der Waals surface area contributed by atoms with Gasteiger partial charge in [-0.1, -0.05) is 53.6 Å². The van der Waals surface area contributed by atoms with Crippen LogP contribution in [0.2, 0.25) is 0 Å². The Kier molecular flexibility index (Phi) is 7.77. The first-order valence-corrected chi connectivity index (χ1v) is 10.3. The molecule has 0 saturated heterocycles. The Bertz CT molecular complexity index is 959. The third kappa shape index (κ3) is 7.20. The number of carbonyl (C=O) groups is 1. The van der Waals surface area contributed by atoms with E-state index in [4.69, 9.17) is 5.73 Å². The van der Waals surface area contributed by atoms with Crippen LogP contribution in [-0.2, 0) is 24.2 Å². The number of nitrogens with two attached hydrogens (primary N) is 1. The van der Waals surface area contributed by atoms with Crippen LogP contribution in [-0.4, -0.2) is 37.4 Å². The molecule has 8 heteroatoms. The summed E-state index contributed by atoms with van der Waals surface area (Å²) in [5.41, 5.74) is 9.76. The van der Waals surface area contributed by atoms with Crippen LogP contribution in [0.5, 0.6) is 0 Å². The molecule has 158 valence electrons. The van der Waals surface area contributed by atoms with Crippen molar-refractivity contribution in [1.82, 2.24) is 30.3 Å². The summed E-state index contributed by atoms with van der Waals surface area (Å²) in [5.74, 6) is 0.388. The minimum Gasteiger partial charge on any atom is -0.369 e. The number of nitrogens with zero attached hydrogens (tertiary/aromatic N) is 4. The Morgan fingerprint density at radius 1 is 1.20 bits per heavy atom. The summed E-state index contributed by atoms with van der Waals surface area (Å²) in [5, 5.41) is 11.2. The molecule has 3 aromatic rings. The van der Waals surface area contributed by atoms with E-state index in [2.05, 4.69) is 31.7 Å². The molecule has 0 radical (unpaired) electrons. The molecule has 0 aliphatic rings. The number of aromatic amines is 1. The van der Waals surface area contributed by atoms with Crippen LogP contribution in [0.3, 0.4) is 0 Å². The summed E-state index contributed by atoms with van der Waals surface area (Å²) >= 11 is 0. The summed E-state index contributed by atoms with van der Waals surface area (Å²) in [4.78, 5) is 19.2. The highest BCUT2D eigenvalue weighted by molar-refractivity contribution is 5.76. The van der Waals surface area contributed by atoms with Crippen molar-refractivity contribution < 1.29 is 4.79 Å². The van der Waals surface area contributed by atoms with Crippen molar-refractivity contribution in [3.63, 3.8) is 0 Å². The third-order valence-electron chi connectivity index (χ3n) is 4.70. The SMILES string of the molecule is CC(=Cc1ccccc1)CNC(=O)Cn1cc(CCCCCc2cnc(N)[nH]2)nn1. The van der Waals surface area contributed by atoms with Crippen molar-refractivity contribution in [1.29, 1.82) is 0 Å². The maximum atomic E-state index is 12.2. The molecule has 4 N–H and O–H groups in total. The van der Waals surface area contributed by atoms with Crippen LogP contribution in [0.1, 0.15) is 43.1 Å². The minimum absolute atomic E-state index is 0.0777. The van der Waals surface area contributed by atoms with Crippen LogP contribution in [0.15, 0.2) is 48.3 Å². The topological polar surface area (TPSA) is 115 Å². The number of benzene rings is 1. The number of carbonyl (C=O) groups excluding carboxylic acids is 1. The molecule has 0 bridgehead atoms. The van der Waals surface area contributed by atoms with Gasteiger partial charge in [-0.05, 0) is 38.2 Å². The molecule has 30 heavy (non-hydrogen) atoms.